The molecule has 2 aromatic rings. The van der Waals surface area contributed by atoms with E-state index in [1.807, 2.05) is 6.08 Å². The van der Waals surface area contributed by atoms with Crippen LogP contribution in [0.5, 0.6) is 6.01 Å². The summed E-state index contributed by atoms with van der Waals surface area (Å²) in [6.07, 6.45) is 0.456. The first-order valence-corrected chi connectivity index (χ1v) is 14.0. The number of benzene rings is 1. The third kappa shape index (κ3) is 6.05. The van der Waals surface area contributed by atoms with E-state index in [2.05, 4.69) is 48.6 Å². The Kier molecular flexibility index (Phi) is 7.38. The molecular formula is C22H29F2N3O2SSi. The first-order valence-electron chi connectivity index (χ1n) is 10.2. The van der Waals surface area contributed by atoms with Crippen molar-refractivity contribution in [1.29, 1.82) is 0 Å². The van der Waals surface area contributed by atoms with E-state index in [0.717, 1.165) is 17.1 Å². The largest absolute Gasteiger partial charge is 0.449 e. The van der Waals surface area contributed by atoms with Gasteiger partial charge in [-0.2, -0.15) is 4.98 Å². The summed E-state index contributed by atoms with van der Waals surface area (Å²) in [5, 5.41) is 0.0957. The number of hydrogen-bond donors (Lipinski definition) is 1. The molecule has 3 rings (SSSR count). The molecule has 0 fully saturated rings. The molecule has 5 nitrogen and oxygen atoms in total. The molecule has 1 aliphatic rings. The second-order valence-electron chi connectivity index (χ2n) is 8.92. The zero-order chi connectivity index (χ0) is 22.6. The van der Waals surface area contributed by atoms with E-state index in [-0.39, 0.29) is 16.6 Å². The Hall–Kier alpha value is -1.97. The second-order valence-corrected chi connectivity index (χ2v) is 14.6. The lowest BCUT2D eigenvalue weighted by molar-refractivity contribution is 0.150. The van der Waals surface area contributed by atoms with Gasteiger partial charge in [0.2, 0.25) is 0 Å². The molecule has 1 aromatic heterocycles. The van der Waals surface area contributed by atoms with Gasteiger partial charge in [0.05, 0.1) is 18.0 Å². The summed E-state index contributed by atoms with van der Waals surface area (Å²) in [4.78, 5) is 8.75. The molecule has 1 aromatic carbocycles. The van der Waals surface area contributed by atoms with Crippen LogP contribution in [0.4, 0.5) is 8.78 Å². The van der Waals surface area contributed by atoms with E-state index in [4.69, 9.17) is 9.16 Å². The van der Waals surface area contributed by atoms with Crippen molar-refractivity contribution in [2.24, 2.45) is 0 Å². The van der Waals surface area contributed by atoms with Crippen LogP contribution < -0.4 is 9.46 Å². The van der Waals surface area contributed by atoms with Crippen LogP contribution in [-0.4, -0.2) is 24.0 Å². The highest BCUT2D eigenvalue weighted by Gasteiger charge is 2.37. The van der Waals surface area contributed by atoms with E-state index >= 15 is 0 Å². The molecule has 0 radical (unpaired) electrons. The van der Waals surface area contributed by atoms with Gasteiger partial charge in [0.1, 0.15) is 0 Å². The van der Waals surface area contributed by atoms with Gasteiger partial charge in [0.25, 0.3) is 6.43 Å². The number of ether oxygens (including phenoxy) is 1. The highest BCUT2D eigenvalue weighted by Crippen LogP contribution is 2.37. The summed E-state index contributed by atoms with van der Waals surface area (Å²) < 4.78 is 42.0. The first-order chi connectivity index (χ1) is 14.6. The number of hydrogen-bond acceptors (Lipinski definition) is 6. The van der Waals surface area contributed by atoms with Crippen LogP contribution in [0.2, 0.25) is 18.1 Å². The van der Waals surface area contributed by atoms with Crippen molar-refractivity contribution >= 4 is 20.3 Å². The topological polar surface area (TPSA) is 56.3 Å². The van der Waals surface area contributed by atoms with Crippen molar-refractivity contribution in [3.05, 3.63) is 65.1 Å². The number of nitrogens with zero attached hydrogens (tertiary/aromatic N) is 2. The third-order valence-electron chi connectivity index (χ3n) is 5.63. The van der Waals surface area contributed by atoms with Gasteiger partial charge in [0, 0.05) is 17.5 Å². The van der Waals surface area contributed by atoms with E-state index < -0.39 is 20.8 Å². The van der Waals surface area contributed by atoms with E-state index in [9.17, 15) is 8.78 Å². The molecule has 0 saturated carbocycles. The maximum Gasteiger partial charge on any atom is 0.317 e. The lowest BCUT2D eigenvalue weighted by atomic mass is 10.0. The minimum Gasteiger partial charge on any atom is -0.449 e. The number of rotatable bonds is 8. The average molecular weight is 466 g/mol. The Bertz CT molecular complexity index is 935. The molecule has 168 valence electrons. The van der Waals surface area contributed by atoms with Crippen molar-refractivity contribution < 1.29 is 17.9 Å². The van der Waals surface area contributed by atoms with Gasteiger partial charge in [-0.3, -0.25) is 0 Å². The van der Waals surface area contributed by atoms with E-state index in [1.54, 1.807) is 24.4 Å². The van der Waals surface area contributed by atoms with Crippen LogP contribution >= 0.6 is 11.9 Å². The Balaban J connectivity index is 1.81. The molecule has 0 bridgehead atoms. The number of aromatic nitrogens is 2. The van der Waals surface area contributed by atoms with Crippen LogP contribution in [0.3, 0.4) is 0 Å². The summed E-state index contributed by atoms with van der Waals surface area (Å²) >= 11 is 1.52. The molecule has 2 heterocycles. The SMILES string of the molecule is CC(C)(C)[Si](C)(C)OCc1ccnc(OC(C2=CCSN2)c2cccc(C(F)F)c2)n1. The average Bonchev–Trinajstić information content (AvgIpc) is 3.25. The van der Waals surface area contributed by atoms with Crippen LogP contribution in [0.25, 0.3) is 0 Å². The Morgan fingerprint density at radius 3 is 2.58 bits per heavy atom. The molecule has 1 aliphatic heterocycles. The molecule has 0 saturated heterocycles. The van der Waals surface area contributed by atoms with Crippen LogP contribution in [0.1, 0.15) is 50.1 Å². The van der Waals surface area contributed by atoms with Crippen molar-refractivity contribution in [3.63, 3.8) is 0 Å². The second kappa shape index (κ2) is 9.66. The molecule has 1 atom stereocenters. The minimum absolute atomic E-state index is 0.0465. The van der Waals surface area contributed by atoms with Gasteiger partial charge in [-0.25, -0.2) is 13.8 Å². The third-order valence-corrected chi connectivity index (χ3v) is 10.8. The Labute approximate surface area is 187 Å². The van der Waals surface area contributed by atoms with Gasteiger partial charge >= 0.3 is 6.01 Å². The minimum atomic E-state index is -2.55. The zero-order valence-electron chi connectivity index (χ0n) is 18.5. The fourth-order valence-electron chi connectivity index (χ4n) is 2.72. The summed E-state index contributed by atoms with van der Waals surface area (Å²) in [6, 6.07) is 8.24. The fraction of sp³-hybridized carbons (Fsp3) is 0.455. The smallest absolute Gasteiger partial charge is 0.317 e. The van der Waals surface area contributed by atoms with E-state index in [0.29, 0.717) is 12.2 Å². The van der Waals surface area contributed by atoms with E-state index in [1.165, 1.54) is 24.1 Å². The fourth-order valence-corrected chi connectivity index (χ4v) is 4.36. The predicted octanol–water partition coefficient (Wildman–Crippen LogP) is 6.19. The number of nitrogens with one attached hydrogen (secondary N) is 1. The molecule has 0 spiro atoms. The molecule has 31 heavy (non-hydrogen) atoms. The highest BCUT2D eigenvalue weighted by molar-refractivity contribution is 7.97. The number of halogens is 2. The maximum atomic E-state index is 13.2. The molecule has 9 heteroatoms. The zero-order valence-corrected chi connectivity index (χ0v) is 20.3. The Morgan fingerprint density at radius 2 is 1.94 bits per heavy atom. The van der Waals surface area contributed by atoms with Crippen LogP contribution in [0.15, 0.2) is 48.3 Å². The van der Waals surface area contributed by atoms with Crippen molar-refractivity contribution in [1.82, 2.24) is 14.7 Å². The normalized spacial score (nSPS) is 15.5. The van der Waals surface area contributed by atoms with Crippen LogP contribution in [0, 0.1) is 0 Å². The molecular weight excluding hydrogens is 436 g/mol. The summed E-state index contributed by atoms with van der Waals surface area (Å²) in [7, 11) is -1.92. The summed E-state index contributed by atoms with van der Waals surface area (Å²) in [6.45, 7) is 11.3. The number of alkyl halides is 2. The summed E-state index contributed by atoms with van der Waals surface area (Å²) in [5.74, 6) is 0.769. The van der Waals surface area contributed by atoms with Gasteiger partial charge in [-0.1, -0.05) is 39.0 Å². The first kappa shape index (κ1) is 23.7. The maximum absolute atomic E-state index is 13.2. The molecule has 0 aliphatic carbocycles. The Morgan fingerprint density at radius 1 is 1.19 bits per heavy atom. The van der Waals surface area contributed by atoms with Crippen molar-refractivity contribution in [3.8, 4) is 6.01 Å². The van der Waals surface area contributed by atoms with Gasteiger partial charge in [-0.15, -0.1) is 0 Å². The summed E-state index contributed by atoms with van der Waals surface area (Å²) in [5.41, 5.74) is 2.08. The van der Waals surface area contributed by atoms with Crippen molar-refractivity contribution in [2.75, 3.05) is 5.75 Å². The van der Waals surface area contributed by atoms with Gasteiger partial charge in [-0.05, 0) is 53.9 Å². The lowest BCUT2D eigenvalue weighted by Crippen LogP contribution is -2.40. The molecule has 1 unspecified atom stereocenters. The highest BCUT2D eigenvalue weighted by atomic mass is 32.2. The lowest BCUT2D eigenvalue weighted by Gasteiger charge is -2.36. The van der Waals surface area contributed by atoms with Crippen molar-refractivity contribution in [2.45, 2.75) is 58.0 Å². The van der Waals surface area contributed by atoms with Gasteiger partial charge < -0.3 is 13.9 Å². The van der Waals surface area contributed by atoms with Crippen LogP contribution in [-0.2, 0) is 11.0 Å². The standard InChI is InChI=1S/C22H29F2N3O2SSi/c1-22(2,3)31(4,5)28-14-17-9-11-25-21(26-17)29-19(18-10-12-30-27-18)15-7-6-8-16(13-15)20(23)24/h6-11,13,19-20,27H,12,14H2,1-5H3. The predicted molar refractivity (Wildman–Crippen MR) is 122 cm³/mol. The monoisotopic (exact) mass is 465 g/mol. The molecule has 1 N–H and O–H groups in total. The van der Waals surface area contributed by atoms with Gasteiger partial charge in [0.15, 0.2) is 14.4 Å². The quantitative estimate of drug-likeness (QED) is 0.370. The molecule has 0 amide bonds.